The van der Waals surface area contributed by atoms with Crippen molar-refractivity contribution >= 4 is 11.8 Å². The number of rotatable bonds is 5. The molecule has 1 aliphatic rings. The maximum absolute atomic E-state index is 12.7. The zero-order valence-electron chi connectivity index (χ0n) is 14.1. The van der Waals surface area contributed by atoms with E-state index in [1.54, 1.807) is 18.7 Å². The average molecular weight is 344 g/mol. The normalized spacial score (nSPS) is 18.9. The highest BCUT2D eigenvalue weighted by molar-refractivity contribution is 5.89. The van der Waals surface area contributed by atoms with E-state index in [1.165, 1.54) is 0 Å². The van der Waals surface area contributed by atoms with Crippen LogP contribution in [0.2, 0.25) is 0 Å². The van der Waals surface area contributed by atoms with E-state index in [0.29, 0.717) is 18.3 Å². The van der Waals surface area contributed by atoms with Gasteiger partial charge in [-0.15, -0.1) is 0 Å². The summed E-state index contributed by atoms with van der Waals surface area (Å²) in [7, 11) is 0. The van der Waals surface area contributed by atoms with Crippen molar-refractivity contribution in [1.82, 2.24) is 20.4 Å². The molecule has 1 N–H and O–H groups in total. The Morgan fingerprint density at radius 1 is 1.40 bits per heavy atom. The molecule has 0 radical (unpaired) electrons. The molecule has 3 rings (SSSR count). The molecule has 0 aliphatic carbocycles. The molecule has 25 heavy (non-hydrogen) atoms. The van der Waals surface area contributed by atoms with Crippen LogP contribution in [0.5, 0.6) is 0 Å². The number of nitrogens with zero attached hydrogens (tertiary/aromatic N) is 3. The van der Waals surface area contributed by atoms with Crippen LogP contribution in [0.25, 0.3) is 0 Å². The van der Waals surface area contributed by atoms with Gasteiger partial charge in [-0.2, -0.15) is 4.98 Å². The Balaban J connectivity index is 1.71. The van der Waals surface area contributed by atoms with Crippen molar-refractivity contribution in [3.05, 3.63) is 47.6 Å². The summed E-state index contributed by atoms with van der Waals surface area (Å²) >= 11 is 0. The summed E-state index contributed by atoms with van der Waals surface area (Å²) < 4.78 is 10.3. The predicted molar refractivity (Wildman–Crippen MR) is 87.2 cm³/mol. The highest BCUT2D eigenvalue weighted by Crippen LogP contribution is 2.16. The average Bonchev–Trinajstić information content (AvgIpc) is 3.04. The molecule has 2 amide bonds. The van der Waals surface area contributed by atoms with Crippen LogP contribution in [0.3, 0.4) is 0 Å². The Bertz CT molecular complexity index is 746. The Kier molecular flexibility index (Phi) is 5.08. The summed E-state index contributed by atoms with van der Waals surface area (Å²) in [5.41, 5.74) is 0.955. The number of morpholine rings is 1. The first-order valence-electron chi connectivity index (χ1n) is 8.06. The van der Waals surface area contributed by atoms with Crippen LogP contribution in [-0.2, 0) is 20.9 Å². The van der Waals surface area contributed by atoms with Crippen LogP contribution < -0.4 is 5.32 Å². The van der Waals surface area contributed by atoms with E-state index in [9.17, 15) is 9.59 Å². The van der Waals surface area contributed by atoms with E-state index in [4.69, 9.17) is 9.26 Å². The lowest BCUT2D eigenvalue weighted by molar-refractivity contribution is -0.156. The molecule has 1 aliphatic heterocycles. The first-order valence-corrected chi connectivity index (χ1v) is 8.06. The van der Waals surface area contributed by atoms with Crippen molar-refractivity contribution in [3.63, 3.8) is 0 Å². The molecule has 1 aromatic heterocycles. The fraction of sp³-hybridized carbons (Fsp3) is 0.412. The highest BCUT2D eigenvalue weighted by Gasteiger charge is 2.35. The molecule has 0 saturated carbocycles. The number of hydrogen-bond acceptors (Lipinski definition) is 6. The number of carbonyl (C=O) groups excluding carboxylic acids is 2. The van der Waals surface area contributed by atoms with Crippen LogP contribution >= 0.6 is 0 Å². The van der Waals surface area contributed by atoms with Gasteiger partial charge in [0.2, 0.25) is 17.7 Å². The van der Waals surface area contributed by atoms with Gasteiger partial charge in [0, 0.05) is 6.54 Å². The van der Waals surface area contributed by atoms with Gasteiger partial charge in [0.1, 0.15) is 18.7 Å². The molecule has 2 heterocycles. The second-order valence-electron chi connectivity index (χ2n) is 5.95. The number of ether oxygens (including phenoxy) is 1. The Morgan fingerprint density at radius 2 is 2.16 bits per heavy atom. The van der Waals surface area contributed by atoms with E-state index >= 15 is 0 Å². The molecule has 0 spiro atoms. The lowest BCUT2D eigenvalue weighted by Crippen LogP contribution is -2.56. The number of nitrogens with one attached hydrogen (secondary N) is 1. The molecule has 132 valence electrons. The number of aromatic nitrogens is 2. The van der Waals surface area contributed by atoms with Crippen molar-refractivity contribution in [3.8, 4) is 0 Å². The number of amides is 2. The lowest BCUT2D eigenvalue weighted by atomic mass is 10.1. The second-order valence-corrected chi connectivity index (χ2v) is 5.95. The highest BCUT2D eigenvalue weighted by atomic mass is 16.5. The third-order valence-electron chi connectivity index (χ3n) is 3.97. The van der Waals surface area contributed by atoms with Crippen molar-refractivity contribution in [1.29, 1.82) is 0 Å². The SMILES string of the molecule is Cc1noc([C@H](C)NC(=O)[C@H]2COCC(=O)N2Cc2ccccc2)n1. The van der Waals surface area contributed by atoms with Crippen LogP contribution in [0, 0.1) is 6.92 Å². The summed E-state index contributed by atoms with van der Waals surface area (Å²) in [6.45, 7) is 3.94. The van der Waals surface area contributed by atoms with Crippen molar-refractivity contribution in [2.24, 2.45) is 0 Å². The topological polar surface area (TPSA) is 97.6 Å². The molecule has 0 bridgehead atoms. The van der Waals surface area contributed by atoms with Crippen LogP contribution in [0.15, 0.2) is 34.9 Å². The summed E-state index contributed by atoms with van der Waals surface area (Å²) in [5, 5.41) is 6.52. The van der Waals surface area contributed by atoms with E-state index in [0.717, 1.165) is 5.56 Å². The summed E-state index contributed by atoms with van der Waals surface area (Å²) in [5.74, 6) is 0.297. The zero-order valence-corrected chi connectivity index (χ0v) is 14.1. The third kappa shape index (κ3) is 4.03. The predicted octanol–water partition coefficient (Wildman–Crippen LogP) is 0.983. The monoisotopic (exact) mass is 344 g/mol. The molecule has 8 nitrogen and oxygen atoms in total. The van der Waals surface area contributed by atoms with Crippen LogP contribution in [0.1, 0.15) is 30.2 Å². The van der Waals surface area contributed by atoms with E-state index in [1.807, 2.05) is 30.3 Å². The minimum absolute atomic E-state index is 0.0188. The van der Waals surface area contributed by atoms with Gasteiger partial charge in [-0.1, -0.05) is 35.5 Å². The van der Waals surface area contributed by atoms with Crippen molar-refractivity contribution in [2.45, 2.75) is 32.5 Å². The first kappa shape index (κ1) is 17.1. The molecule has 1 aromatic carbocycles. The Labute approximate surface area is 145 Å². The van der Waals surface area contributed by atoms with Gasteiger partial charge in [0.25, 0.3) is 0 Å². The number of hydrogen-bond donors (Lipinski definition) is 1. The molecule has 2 aromatic rings. The molecule has 2 atom stereocenters. The molecule has 0 unspecified atom stereocenters. The Hall–Kier alpha value is -2.74. The Morgan fingerprint density at radius 3 is 2.84 bits per heavy atom. The maximum Gasteiger partial charge on any atom is 0.249 e. The fourth-order valence-electron chi connectivity index (χ4n) is 2.66. The smallest absolute Gasteiger partial charge is 0.249 e. The minimum Gasteiger partial charge on any atom is -0.369 e. The summed E-state index contributed by atoms with van der Waals surface area (Å²) in [4.78, 5) is 30.6. The molecule has 8 heteroatoms. The van der Waals surface area contributed by atoms with E-state index < -0.39 is 12.1 Å². The van der Waals surface area contributed by atoms with Crippen LogP contribution in [0.4, 0.5) is 0 Å². The van der Waals surface area contributed by atoms with E-state index in [2.05, 4.69) is 15.5 Å². The van der Waals surface area contributed by atoms with Crippen molar-refractivity contribution < 1.29 is 18.8 Å². The van der Waals surface area contributed by atoms with E-state index in [-0.39, 0.29) is 25.0 Å². The van der Waals surface area contributed by atoms with Gasteiger partial charge in [0.15, 0.2) is 5.82 Å². The third-order valence-corrected chi connectivity index (χ3v) is 3.97. The number of aryl methyl sites for hydroxylation is 1. The molecule has 1 fully saturated rings. The molecular weight excluding hydrogens is 324 g/mol. The fourth-order valence-corrected chi connectivity index (χ4v) is 2.66. The van der Waals surface area contributed by atoms with Gasteiger partial charge in [-0.05, 0) is 19.4 Å². The van der Waals surface area contributed by atoms with Gasteiger partial charge < -0.3 is 19.5 Å². The van der Waals surface area contributed by atoms with Crippen molar-refractivity contribution in [2.75, 3.05) is 13.2 Å². The number of benzene rings is 1. The van der Waals surface area contributed by atoms with Gasteiger partial charge in [-0.3, -0.25) is 9.59 Å². The summed E-state index contributed by atoms with van der Waals surface area (Å²) in [6.07, 6.45) is 0. The number of carbonyl (C=O) groups is 2. The molecule has 1 saturated heterocycles. The standard InChI is InChI=1S/C17H20N4O4/c1-11(17-19-12(2)20-25-17)18-16(23)14-9-24-10-15(22)21(14)8-13-6-4-3-5-7-13/h3-7,11,14H,8-10H2,1-2H3,(H,18,23)/t11-,14+/m0/s1. The van der Waals surface area contributed by atoms with Gasteiger partial charge >= 0.3 is 0 Å². The molecular formula is C17H20N4O4. The lowest BCUT2D eigenvalue weighted by Gasteiger charge is -2.34. The van der Waals surface area contributed by atoms with Crippen LogP contribution in [-0.4, -0.2) is 46.1 Å². The first-order chi connectivity index (χ1) is 12.0. The van der Waals surface area contributed by atoms with Gasteiger partial charge in [0.05, 0.1) is 6.61 Å². The maximum atomic E-state index is 12.7. The summed E-state index contributed by atoms with van der Waals surface area (Å²) in [6, 6.07) is 8.38. The quantitative estimate of drug-likeness (QED) is 0.868. The second kappa shape index (κ2) is 7.43. The minimum atomic E-state index is -0.701. The zero-order chi connectivity index (χ0) is 17.8. The van der Waals surface area contributed by atoms with Gasteiger partial charge in [-0.25, -0.2) is 0 Å². The largest absolute Gasteiger partial charge is 0.369 e.